The quantitative estimate of drug-likeness (QED) is 0.275. The maximum absolute atomic E-state index is 11.0. The number of azide groups is 1. The molecule has 0 aromatic rings. The highest BCUT2D eigenvalue weighted by molar-refractivity contribution is 5.75. The van der Waals surface area contributed by atoms with Crippen molar-refractivity contribution in [3.63, 3.8) is 0 Å². The second-order valence-electron chi connectivity index (χ2n) is 2.85. The number of nitrogens with zero attached hydrogens (tertiary/aromatic N) is 4. The standard InChI is InChI=1S/C7H14N4O2/c1-6(9-10-8)7(12)13-5-4-11(2)3/h6H,4-5H2,1-3H3. The highest BCUT2D eigenvalue weighted by Gasteiger charge is 2.11. The van der Waals surface area contributed by atoms with E-state index in [-0.39, 0.29) is 0 Å². The molecule has 6 nitrogen and oxygen atoms in total. The van der Waals surface area contributed by atoms with Crippen molar-refractivity contribution in [1.82, 2.24) is 4.90 Å². The van der Waals surface area contributed by atoms with Crippen LogP contribution in [-0.4, -0.2) is 44.2 Å². The maximum atomic E-state index is 11.0. The monoisotopic (exact) mass is 186 g/mol. The van der Waals surface area contributed by atoms with Gasteiger partial charge < -0.3 is 9.64 Å². The van der Waals surface area contributed by atoms with Crippen molar-refractivity contribution in [2.45, 2.75) is 13.0 Å². The summed E-state index contributed by atoms with van der Waals surface area (Å²) in [4.78, 5) is 15.4. The Morgan fingerprint density at radius 3 is 2.77 bits per heavy atom. The van der Waals surface area contributed by atoms with Crippen molar-refractivity contribution in [1.29, 1.82) is 0 Å². The van der Waals surface area contributed by atoms with E-state index in [0.717, 1.165) is 0 Å². The third-order valence-corrected chi connectivity index (χ3v) is 1.35. The zero-order valence-electron chi connectivity index (χ0n) is 8.10. The van der Waals surface area contributed by atoms with Crippen LogP contribution in [0.15, 0.2) is 5.11 Å². The molecule has 0 spiro atoms. The van der Waals surface area contributed by atoms with E-state index in [0.29, 0.717) is 13.2 Å². The summed E-state index contributed by atoms with van der Waals surface area (Å²) in [6.07, 6.45) is 0. The van der Waals surface area contributed by atoms with Gasteiger partial charge in [-0.15, -0.1) is 0 Å². The van der Waals surface area contributed by atoms with E-state index in [1.807, 2.05) is 19.0 Å². The highest BCUT2D eigenvalue weighted by atomic mass is 16.5. The summed E-state index contributed by atoms with van der Waals surface area (Å²) in [5, 5.41) is 3.21. The fraction of sp³-hybridized carbons (Fsp3) is 0.857. The normalized spacial score (nSPS) is 12.0. The van der Waals surface area contributed by atoms with Gasteiger partial charge in [-0.1, -0.05) is 5.11 Å². The molecule has 0 rings (SSSR count). The topological polar surface area (TPSA) is 78.3 Å². The van der Waals surface area contributed by atoms with Crippen LogP contribution in [0.2, 0.25) is 0 Å². The van der Waals surface area contributed by atoms with E-state index in [2.05, 4.69) is 10.0 Å². The van der Waals surface area contributed by atoms with Crippen LogP contribution in [-0.2, 0) is 9.53 Å². The van der Waals surface area contributed by atoms with Crippen LogP contribution in [0.25, 0.3) is 10.4 Å². The van der Waals surface area contributed by atoms with E-state index in [1.165, 1.54) is 6.92 Å². The summed E-state index contributed by atoms with van der Waals surface area (Å²) < 4.78 is 4.82. The second-order valence-corrected chi connectivity index (χ2v) is 2.85. The molecule has 0 aliphatic carbocycles. The Bertz CT molecular complexity index is 211. The van der Waals surface area contributed by atoms with Gasteiger partial charge in [-0.25, -0.2) is 0 Å². The van der Waals surface area contributed by atoms with E-state index in [4.69, 9.17) is 10.3 Å². The Morgan fingerprint density at radius 2 is 2.31 bits per heavy atom. The number of carbonyl (C=O) groups is 1. The molecule has 6 heteroatoms. The number of hydrogen-bond acceptors (Lipinski definition) is 4. The first-order valence-electron chi connectivity index (χ1n) is 3.93. The zero-order valence-corrected chi connectivity index (χ0v) is 8.10. The van der Waals surface area contributed by atoms with Crippen molar-refractivity contribution in [3.8, 4) is 0 Å². The molecule has 0 bridgehead atoms. The molecule has 0 saturated heterocycles. The van der Waals surface area contributed by atoms with Crippen molar-refractivity contribution in [2.75, 3.05) is 27.2 Å². The lowest BCUT2D eigenvalue weighted by Crippen LogP contribution is -2.24. The predicted octanol–water partition coefficient (Wildman–Crippen LogP) is 0.790. The Morgan fingerprint density at radius 1 is 1.69 bits per heavy atom. The molecule has 1 unspecified atom stereocenters. The number of ether oxygens (including phenoxy) is 1. The Hall–Kier alpha value is -1.26. The lowest BCUT2D eigenvalue weighted by Gasteiger charge is -2.10. The molecule has 0 fully saturated rings. The van der Waals surface area contributed by atoms with Gasteiger partial charge in [-0.05, 0) is 26.6 Å². The molecule has 1 atom stereocenters. The van der Waals surface area contributed by atoms with Crippen LogP contribution in [0, 0.1) is 0 Å². The molecule has 0 heterocycles. The summed E-state index contributed by atoms with van der Waals surface area (Å²) in [6, 6.07) is -0.743. The molecule has 0 aliphatic heterocycles. The number of esters is 1. The van der Waals surface area contributed by atoms with Crippen LogP contribution in [0.5, 0.6) is 0 Å². The molecule has 0 radical (unpaired) electrons. The third-order valence-electron chi connectivity index (χ3n) is 1.35. The van der Waals surface area contributed by atoms with Crippen molar-refractivity contribution >= 4 is 5.97 Å². The van der Waals surface area contributed by atoms with Gasteiger partial charge in [0.05, 0.1) is 0 Å². The van der Waals surface area contributed by atoms with Gasteiger partial charge in [0.1, 0.15) is 12.6 Å². The number of likely N-dealkylation sites (N-methyl/N-ethyl adjacent to an activating group) is 1. The molecule has 0 amide bonds. The van der Waals surface area contributed by atoms with Gasteiger partial charge in [0.15, 0.2) is 0 Å². The molecular formula is C7H14N4O2. The van der Waals surface area contributed by atoms with Crippen LogP contribution < -0.4 is 0 Å². The number of carbonyl (C=O) groups excluding carboxylic acids is 1. The summed E-state index contributed by atoms with van der Waals surface area (Å²) in [6.45, 7) is 2.48. The smallest absolute Gasteiger partial charge is 0.314 e. The molecular weight excluding hydrogens is 172 g/mol. The average molecular weight is 186 g/mol. The Kier molecular flexibility index (Phi) is 5.67. The van der Waals surface area contributed by atoms with Gasteiger partial charge in [-0.3, -0.25) is 4.79 Å². The van der Waals surface area contributed by atoms with Gasteiger partial charge in [0.2, 0.25) is 0 Å². The van der Waals surface area contributed by atoms with Crippen LogP contribution in [0.3, 0.4) is 0 Å². The van der Waals surface area contributed by atoms with Crippen LogP contribution in [0.4, 0.5) is 0 Å². The van der Waals surface area contributed by atoms with Gasteiger partial charge in [0.25, 0.3) is 0 Å². The second kappa shape index (κ2) is 6.28. The summed E-state index contributed by atoms with van der Waals surface area (Å²) in [5.74, 6) is -0.486. The lowest BCUT2D eigenvalue weighted by atomic mass is 10.4. The summed E-state index contributed by atoms with van der Waals surface area (Å²) >= 11 is 0. The van der Waals surface area contributed by atoms with E-state index in [9.17, 15) is 4.79 Å². The highest BCUT2D eigenvalue weighted by Crippen LogP contribution is 1.93. The Labute approximate surface area is 77.1 Å². The first kappa shape index (κ1) is 11.7. The molecule has 13 heavy (non-hydrogen) atoms. The molecule has 0 aromatic carbocycles. The fourth-order valence-electron chi connectivity index (χ4n) is 0.574. The molecule has 0 aliphatic rings. The van der Waals surface area contributed by atoms with Gasteiger partial charge in [-0.2, -0.15) is 0 Å². The van der Waals surface area contributed by atoms with Crippen LogP contribution >= 0.6 is 0 Å². The summed E-state index contributed by atoms with van der Waals surface area (Å²) in [5.41, 5.74) is 8.04. The SMILES string of the molecule is CC(N=[N+]=[N-])C(=O)OCCN(C)C. The third kappa shape index (κ3) is 5.95. The molecule has 0 N–H and O–H groups in total. The zero-order chi connectivity index (χ0) is 10.3. The molecule has 0 saturated carbocycles. The number of hydrogen-bond donors (Lipinski definition) is 0. The van der Waals surface area contributed by atoms with Crippen molar-refractivity contribution in [2.24, 2.45) is 5.11 Å². The van der Waals surface area contributed by atoms with Crippen LogP contribution in [0.1, 0.15) is 6.92 Å². The predicted molar refractivity (Wildman–Crippen MR) is 48.1 cm³/mol. The largest absolute Gasteiger partial charge is 0.464 e. The molecule has 0 aromatic heterocycles. The van der Waals surface area contributed by atoms with E-state index in [1.54, 1.807) is 0 Å². The Balaban J connectivity index is 3.68. The lowest BCUT2D eigenvalue weighted by molar-refractivity contribution is -0.144. The first-order valence-corrected chi connectivity index (χ1v) is 3.93. The summed E-state index contributed by atoms with van der Waals surface area (Å²) in [7, 11) is 3.76. The van der Waals surface area contributed by atoms with E-state index >= 15 is 0 Å². The average Bonchev–Trinajstić information content (AvgIpc) is 2.04. The van der Waals surface area contributed by atoms with Crippen molar-refractivity contribution < 1.29 is 9.53 Å². The minimum absolute atomic E-state index is 0.317. The van der Waals surface area contributed by atoms with Gasteiger partial charge in [0, 0.05) is 11.5 Å². The first-order chi connectivity index (χ1) is 6.07. The van der Waals surface area contributed by atoms with Crippen molar-refractivity contribution in [3.05, 3.63) is 10.4 Å². The number of rotatable bonds is 5. The maximum Gasteiger partial charge on any atom is 0.314 e. The minimum Gasteiger partial charge on any atom is -0.464 e. The van der Waals surface area contributed by atoms with E-state index < -0.39 is 12.0 Å². The van der Waals surface area contributed by atoms with Gasteiger partial charge >= 0.3 is 5.97 Å². The molecule has 74 valence electrons. The fourth-order valence-corrected chi connectivity index (χ4v) is 0.574. The minimum atomic E-state index is -0.743.